The van der Waals surface area contributed by atoms with Crippen LogP contribution in [0.5, 0.6) is 0 Å². The molecule has 0 unspecified atom stereocenters. The molecule has 5 nitrogen and oxygen atoms in total. The molecule has 0 aromatic heterocycles. The van der Waals surface area contributed by atoms with E-state index in [0.29, 0.717) is 0 Å². The number of rotatable bonds is 0. The van der Waals surface area contributed by atoms with E-state index in [0.717, 1.165) is 0 Å². The van der Waals surface area contributed by atoms with Gasteiger partial charge >= 0.3 is 5.97 Å². The molecule has 0 aliphatic rings. The van der Waals surface area contributed by atoms with Gasteiger partial charge < -0.3 is 4.74 Å². The third kappa shape index (κ3) is 15.8. The van der Waals surface area contributed by atoms with Crippen molar-refractivity contribution in [1.82, 2.24) is 0 Å². The summed E-state index contributed by atoms with van der Waals surface area (Å²) in [5.74, 6) is 0.0741. The SMILES string of the molecule is CC(=O)C(C)(C)C.CC(C)(C)S(C)(=O)=O.COC(=O)C(C)(C)C. The maximum Gasteiger partial charge on any atom is 0.310 e. The van der Waals surface area contributed by atoms with Gasteiger partial charge in [-0.3, -0.25) is 9.59 Å². The molecular weight excluding hydrogens is 316 g/mol. The second-order valence-electron chi connectivity index (χ2n) is 8.43. The lowest BCUT2D eigenvalue weighted by molar-refractivity contribution is -0.149. The van der Waals surface area contributed by atoms with Crippen LogP contribution >= 0.6 is 0 Å². The first-order valence-electron chi connectivity index (χ1n) is 7.47. The van der Waals surface area contributed by atoms with Crippen LogP contribution in [0.3, 0.4) is 0 Å². The van der Waals surface area contributed by atoms with Crippen molar-refractivity contribution in [2.24, 2.45) is 10.8 Å². The van der Waals surface area contributed by atoms with E-state index in [1.807, 2.05) is 41.5 Å². The predicted molar refractivity (Wildman–Crippen MR) is 96.2 cm³/mol. The summed E-state index contributed by atoms with van der Waals surface area (Å²) < 4.78 is 25.2. The fourth-order valence-electron chi connectivity index (χ4n) is 0.306. The summed E-state index contributed by atoms with van der Waals surface area (Å²) in [6.07, 6.45) is 1.24. The quantitative estimate of drug-likeness (QED) is 0.622. The van der Waals surface area contributed by atoms with Crippen molar-refractivity contribution in [3.8, 4) is 0 Å². The third-order valence-corrected chi connectivity index (χ3v) is 5.19. The van der Waals surface area contributed by atoms with Gasteiger partial charge in [0, 0.05) is 11.7 Å². The number of sulfone groups is 1. The van der Waals surface area contributed by atoms with Crippen LogP contribution in [0.15, 0.2) is 0 Å². The monoisotopic (exact) mass is 352 g/mol. The standard InChI is InChI=1S/C6H12O2.C6H12O.C5H12O2S/c1-6(2,3)5(7)8-4;1-5(7)6(2,3)4;1-5(2,3)8(4,6)7/h1-4H3;1-4H3;1-4H3. The predicted octanol–water partition coefficient (Wildman–Crippen LogP) is 3.66. The van der Waals surface area contributed by atoms with Gasteiger partial charge in [-0.15, -0.1) is 0 Å². The van der Waals surface area contributed by atoms with Crippen LogP contribution in [-0.4, -0.2) is 38.3 Å². The van der Waals surface area contributed by atoms with E-state index < -0.39 is 14.6 Å². The average molecular weight is 353 g/mol. The lowest BCUT2D eigenvalue weighted by atomic mass is 9.92. The van der Waals surface area contributed by atoms with Gasteiger partial charge in [0.1, 0.15) is 5.78 Å². The molecule has 0 aliphatic carbocycles. The molecule has 6 heteroatoms. The largest absolute Gasteiger partial charge is 0.469 e. The second kappa shape index (κ2) is 9.40. The van der Waals surface area contributed by atoms with E-state index in [1.165, 1.54) is 13.4 Å². The number of ketones is 1. The summed E-state index contributed by atoms with van der Waals surface area (Å²) in [4.78, 5) is 21.1. The minimum atomic E-state index is -2.84. The highest BCUT2D eigenvalue weighted by Gasteiger charge is 2.23. The topological polar surface area (TPSA) is 77.5 Å². The Hall–Kier alpha value is -0.910. The number of carbonyl (C=O) groups excluding carboxylic acids is 2. The Bertz CT molecular complexity index is 469. The number of hydrogen-bond donors (Lipinski definition) is 0. The number of esters is 1. The lowest BCUT2D eigenvalue weighted by Crippen LogP contribution is -2.26. The molecule has 23 heavy (non-hydrogen) atoms. The van der Waals surface area contributed by atoms with Gasteiger partial charge in [0.15, 0.2) is 9.84 Å². The zero-order valence-corrected chi connectivity index (χ0v) is 17.8. The van der Waals surface area contributed by atoms with Crippen LogP contribution in [0.4, 0.5) is 0 Å². The number of ether oxygens (including phenoxy) is 1. The van der Waals surface area contributed by atoms with Crippen LogP contribution < -0.4 is 0 Å². The Morgan fingerprint density at radius 2 is 1.00 bits per heavy atom. The smallest absolute Gasteiger partial charge is 0.310 e. The molecule has 0 atom stereocenters. The van der Waals surface area contributed by atoms with E-state index in [1.54, 1.807) is 27.7 Å². The Kier molecular flexibility index (Phi) is 11.0. The molecule has 0 radical (unpaired) electrons. The van der Waals surface area contributed by atoms with Crippen molar-refractivity contribution in [2.45, 2.75) is 74.0 Å². The summed E-state index contributed by atoms with van der Waals surface area (Å²) in [7, 11) is -1.44. The molecular formula is C17H36O5S. The molecule has 0 saturated carbocycles. The van der Waals surface area contributed by atoms with Crippen LogP contribution in [-0.2, 0) is 24.2 Å². The van der Waals surface area contributed by atoms with Crippen molar-refractivity contribution < 1.29 is 22.7 Å². The molecule has 0 bridgehead atoms. The molecule has 0 aliphatic heterocycles. The summed E-state index contributed by atoms with van der Waals surface area (Å²) in [6, 6.07) is 0. The maximum absolute atomic E-state index is 10.7. The van der Waals surface area contributed by atoms with Crippen LogP contribution in [0.25, 0.3) is 0 Å². The van der Waals surface area contributed by atoms with Crippen molar-refractivity contribution in [2.75, 3.05) is 13.4 Å². The summed E-state index contributed by atoms with van der Waals surface area (Å²) >= 11 is 0. The molecule has 0 saturated heterocycles. The van der Waals surface area contributed by atoms with Crippen LogP contribution in [0.1, 0.15) is 69.2 Å². The van der Waals surface area contributed by atoms with Gasteiger partial charge in [0.2, 0.25) is 0 Å². The minimum absolute atomic E-state index is 0.139. The molecule has 0 spiro atoms. The lowest BCUT2D eigenvalue weighted by Gasteiger charge is -2.14. The van der Waals surface area contributed by atoms with E-state index in [9.17, 15) is 18.0 Å². The van der Waals surface area contributed by atoms with Gasteiger partial charge in [0.25, 0.3) is 0 Å². The van der Waals surface area contributed by atoms with E-state index in [4.69, 9.17) is 0 Å². The first-order chi connectivity index (χ1) is 9.67. The van der Waals surface area contributed by atoms with Gasteiger partial charge in [-0.2, -0.15) is 0 Å². The second-order valence-corrected chi connectivity index (χ2v) is 11.2. The van der Waals surface area contributed by atoms with Crippen molar-refractivity contribution in [1.29, 1.82) is 0 Å². The average Bonchev–Trinajstić information content (AvgIpc) is 2.24. The number of methoxy groups -OCH3 is 1. The minimum Gasteiger partial charge on any atom is -0.469 e. The van der Waals surface area contributed by atoms with E-state index >= 15 is 0 Å². The Morgan fingerprint density at radius 3 is 1.00 bits per heavy atom. The van der Waals surface area contributed by atoms with E-state index in [-0.39, 0.29) is 22.6 Å². The molecule has 0 aromatic carbocycles. The highest BCUT2D eigenvalue weighted by atomic mass is 32.2. The summed E-state index contributed by atoms with van der Waals surface area (Å²) in [5.41, 5.74) is -0.491. The maximum atomic E-state index is 10.7. The van der Waals surface area contributed by atoms with Crippen LogP contribution in [0.2, 0.25) is 0 Å². The molecule has 0 aromatic rings. The number of carbonyl (C=O) groups is 2. The Labute approximate surface area is 143 Å². The third-order valence-electron chi connectivity index (χ3n) is 2.97. The van der Waals surface area contributed by atoms with Crippen molar-refractivity contribution in [3.63, 3.8) is 0 Å². The Balaban J connectivity index is -0.000000262. The van der Waals surface area contributed by atoms with Gasteiger partial charge in [-0.1, -0.05) is 20.8 Å². The highest BCUT2D eigenvalue weighted by Crippen LogP contribution is 2.14. The molecule has 0 fully saturated rings. The number of hydrogen-bond acceptors (Lipinski definition) is 5. The normalized spacial score (nSPS) is 12.2. The first kappa shape index (κ1) is 27.0. The Morgan fingerprint density at radius 1 is 0.783 bits per heavy atom. The van der Waals surface area contributed by atoms with E-state index in [2.05, 4.69) is 4.74 Å². The fraction of sp³-hybridized carbons (Fsp3) is 0.882. The summed E-state index contributed by atoms with van der Waals surface area (Å²) in [6.45, 7) is 17.9. The molecule has 0 N–H and O–H groups in total. The zero-order chi connectivity index (χ0) is 19.9. The van der Waals surface area contributed by atoms with Gasteiger partial charge in [-0.05, 0) is 48.5 Å². The van der Waals surface area contributed by atoms with Crippen LogP contribution in [0, 0.1) is 10.8 Å². The highest BCUT2D eigenvalue weighted by molar-refractivity contribution is 7.92. The zero-order valence-electron chi connectivity index (χ0n) is 16.9. The molecule has 0 heterocycles. The van der Waals surface area contributed by atoms with Crippen molar-refractivity contribution >= 4 is 21.6 Å². The molecule has 0 amide bonds. The van der Waals surface area contributed by atoms with Crippen molar-refractivity contribution in [3.05, 3.63) is 0 Å². The molecule has 0 rings (SSSR count). The fourth-order valence-corrected chi connectivity index (χ4v) is 0.306. The van der Waals surface area contributed by atoms with Gasteiger partial charge in [-0.25, -0.2) is 8.42 Å². The van der Waals surface area contributed by atoms with Gasteiger partial charge in [0.05, 0.1) is 17.3 Å². The first-order valence-corrected chi connectivity index (χ1v) is 9.36. The summed E-state index contributed by atoms with van der Waals surface area (Å²) in [5, 5.41) is 0. The molecule has 140 valence electrons. The number of Topliss-reactive ketones (excluding diaryl/α,β-unsaturated/α-hetero) is 1.